The second kappa shape index (κ2) is 5.84. The van der Waals surface area contributed by atoms with Crippen LogP contribution in [0.2, 0.25) is 18.1 Å². The minimum atomic E-state index is 0.417. The Balaban J connectivity index is 0.000000293. The summed E-state index contributed by atoms with van der Waals surface area (Å²) < 4.78 is 0. The molecule has 0 heterocycles. The third-order valence-corrected chi connectivity index (χ3v) is 1.95. The van der Waals surface area contributed by atoms with Gasteiger partial charge in [0.15, 0.2) is 0 Å². The van der Waals surface area contributed by atoms with Gasteiger partial charge in [0, 0.05) is 14.5 Å². The Morgan fingerprint density at radius 2 is 1.50 bits per heavy atom. The SMILES string of the molecule is C[SiH2]C.Clc1ccc2ccccc2c1. The van der Waals surface area contributed by atoms with E-state index < -0.39 is 0 Å². The number of fused-ring (bicyclic) bond motifs is 1. The van der Waals surface area contributed by atoms with Gasteiger partial charge in [0.2, 0.25) is 0 Å². The molecule has 0 unspecified atom stereocenters. The van der Waals surface area contributed by atoms with Crippen LogP contribution in [0.15, 0.2) is 42.5 Å². The molecule has 0 amide bonds. The molecule has 2 rings (SSSR count). The molecule has 0 N–H and O–H groups in total. The first kappa shape index (κ1) is 11.3. The molecule has 2 heteroatoms. The van der Waals surface area contributed by atoms with E-state index in [9.17, 15) is 0 Å². The van der Waals surface area contributed by atoms with Crippen LogP contribution in [0.5, 0.6) is 0 Å². The molecule has 14 heavy (non-hydrogen) atoms. The van der Waals surface area contributed by atoms with Gasteiger partial charge in [0.25, 0.3) is 0 Å². The molecule has 0 saturated carbocycles. The highest BCUT2D eigenvalue weighted by Crippen LogP contribution is 2.18. The van der Waals surface area contributed by atoms with E-state index in [1.165, 1.54) is 10.8 Å². The third kappa shape index (κ3) is 3.16. The summed E-state index contributed by atoms with van der Waals surface area (Å²) in [5, 5.41) is 3.22. The Hall–Kier alpha value is -0.793. The molecule has 0 saturated heterocycles. The summed E-state index contributed by atoms with van der Waals surface area (Å²) in [4.78, 5) is 0. The van der Waals surface area contributed by atoms with Crippen LogP contribution in [-0.4, -0.2) is 9.52 Å². The number of hydrogen-bond donors (Lipinski definition) is 0. The first-order chi connectivity index (χ1) is 6.77. The first-order valence-corrected chi connectivity index (χ1v) is 8.12. The zero-order chi connectivity index (χ0) is 10.4. The van der Waals surface area contributed by atoms with Crippen molar-refractivity contribution in [3.05, 3.63) is 47.5 Å². The average Bonchev–Trinajstić information content (AvgIpc) is 2.19. The zero-order valence-corrected chi connectivity index (χ0v) is 10.8. The average molecular weight is 223 g/mol. The molecule has 0 atom stereocenters. The molecule has 2 aromatic carbocycles. The van der Waals surface area contributed by atoms with E-state index in [2.05, 4.69) is 25.2 Å². The number of halogens is 1. The molecular formula is C12H15ClSi. The molecule has 0 aliphatic heterocycles. The Bertz CT molecular complexity index is 398. The highest BCUT2D eigenvalue weighted by atomic mass is 35.5. The second-order valence-corrected chi connectivity index (χ2v) is 5.05. The van der Waals surface area contributed by atoms with Crippen LogP contribution in [0.3, 0.4) is 0 Å². The summed E-state index contributed by atoms with van der Waals surface area (Å²) in [6, 6.07) is 14.1. The van der Waals surface area contributed by atoms with Gasteiger partial charge in [-0.25, -0.2) is 0 Å². The van der Waals surface area contributed by atoms with Crippen LogP contribution in [0.25, 0.3) is 10.8 Å². The molecule has 74 valence electrons. The van der Waals surface area contributed by atoms with Crippen molar-refractivity contribution >= 4 is 31.9 Å². The van der Waals surface area contributed by atoms with Crippen molar-refractivity contribution in [2.45, 2.75) is 13.1 Å². The van der Waals surface area contributed by atoms with Crippen molar-refractivity contribution in [1.29, 1.82) is 0 Å². The molecule has 0 radical (unpaired) electrons. The molecule has 2 aromatic rings. The fourth-order valence-electron chi connectivity index (χ4n) is 1.16. The molecule has 0 aromatic heterocycles. The van der Waals surface area contributed by atoms with Crippen molar-refractivity contribution in [3.8, 4) is 0 Å². The van der Waals surface area contributed by atoms with Gasteiger partial charge in [-0.3, -0.25) is 0 Å². The first-order valence-electron chi connectivity index (χ1n) is 4.92. The van der Waals surface area contributed by atoms with Crippen molar-refractivity contribution in [1.82, 2.24) is 0 Å². The van der Waals surface area contributed by atoms with Crippen LogP contribution in [0, 0.1) is 0 Å². The smallest absolute Gasteiger partial charge is 0.0412 e. The predicted molar refractivity (Wildman–Crippen MR) is 69.2 cm³/mol. The lowest BCUT2D eigenvalue weighted by atomic mass is 10.1. The topological polar surface area (TPSA) is 0 Å². The van der Waals surface area contributed by atoms with E-state index in [1.54, 1.807) is 0 Å². The van der Waals surface area contributed by atoms with Crippen molar-refractivity contribution < 1.29 is 0 Å². The molecule has 0 spiro atoms. The molecule has 0 fully saturated rings. The number of benzene rings is 2. The van der Waals surface area contributed by atoms with Crippen LogP contribution in [-0.2, 0) is 0 Å². The van der Waals surface area contributed by atoms with Gasteiger partial charge in [-0.2, -0.15) is 0 Å². The number of rotatable bonds is 0. The Kier molecular flexibility index (Phi) is 4.70. The molecule has 0 aliphatic rings. The van der Waals surface area contributed by atoms with E-state index in [1.807, 2.05) is 30.3 Å². The van der Waals surface area contributed by atoms with Crippen LogP contribution in [0.4, 0.5) is 0 Å². The maximum absolute atomic E-state index is 5.82. The Morgan fingerprint density at radius 1 is 0.929 bits per heavy atom. The predicted octanol–water partition coefficient (Wildman–Crippen LogP) is 3.74. The molecule has 0 aliphatic carbocycles. The van der Waals surface area contributed by atoms with Gasteiger partial charge >= 0.3 is 0 Å². The lowest BCUT2D eigenvalue weighted by Crippen LogP contribution is -1.69. The fourth-order valence-corrected chi connectivity index (χ4v) is 1.34. The van der Waals surface area contributed by atoms with E-state index in [4.69, 9.17) is 11.6 Å². The van der Waals surface area contributed by atoms with Crippen LogP contribution < -0.4 is 0 Å². The van der Waals surface area contributed by atoms with Crippen LogP contribution in [0.1, 0.15) is 0 Å². The quantitative estimate of drug-likeness (QED) is 0.596. The van der Waals surface area contributed by atoms with Gasteiger partial charge in [-0.1, -0.05) is 55.0 Å². The van der Waals surface area contributed by atoms with E-state index in [0.717, 1.165) is 5.02 Å². The molecular weight excluding hydrogens is 208 g/mol. The third-order valence-electron chi connectivity index (χ3n) is 1.71. The van der Waals surface area contributed by atoms with E-state index in [0.29, 0.717) is 9.52 Å². The highest BCUT2D eigenvalue weighted by molar-refractivity contribution is 6.31. The number of hydrogen-bond acceptors (Lipinski definition) is 0. The minimum Gasteiger partial charge on any atom is -0.0843 e. The van der Waals surface area contributed by atoms with Crippen molar-refractivity contribution in [2.75, 3.05) is 0 Å². The van der Waals surface area contributed by atoms with E-state index in [-0.39, 0.29) is 0 Å². The standard InChI is InChI=1S/C10H7Cl.C2H8Si/c11-10-6-5-8-3-1-2-4-9(8)7-10;1-3-2/h1-7H;3H2,1-2H3. The van der Waals surface area contributed by atoms with Gasteiger partial charge in [-0.15, -0.1) is 0 Å². The van der Waals surface area contributed by atoms with Gasteiger partial charge in [0.1, 0.15) is 0 Å². The Morgan fingerprint density at radius 3 is 2.14 bits per heavy atom. The molecule has 0 nitrogen and oxygen atoms in total. The summed E-state index contributed by atoms with van der Waals surface area (Å²) in [5.41, 5.74) is 0. The van der Waals surface area contributed by atoms with Gasteiger partial charge in [0.05, 0.1) is 0 Å². The van der Waals surface area contributed by atoms with E-state index >= 15 is 0 Å². The zero-order valence-electron chi connectivity index (χ0n) is 8.63. The van der Waals surface area contributed by atoms with Crippen LogP contribution >= 0.6 is 11.6 Å². The summed E-state index contributed by atoms with van der Waals surface area (Å²) in [6.45, 7) is 4.53. The van der Waals surface area contributed by atoms with Crippen molar-refractivity contribution in [2.24, 2.45) is 0 Å². The molecule has 0 bridgehead atoms. The summed E-state index contributed by atoms with van der Waals surface area (Å²) in [5.74, 6) is 0. The lowest BCUT2D eigenvalue weighted by molar-refractivity contribution is 1.75. The fraction of sp³-hybridized carbons (Fsp3) is 0.167. The van der Waals surface area contributed by atoms with Gasteiger partial charge in [-0.05, 0) is 22.9 Å². The second-order valence-electron chi connectivity index (χ2n) is 3.20. The summed E-state index contributed by atoms with van der Waals surface area (Å²) in [6.07, 6.45) is 0. The largest absolute Gasteiger partial charge is 0.0843 e. The Labute approximate surface area is 92.7 Å². The normalized spacial score (nSPS) is 9.36. The minimum absolute atomic E-state index is 0.417. The highest BCUT2D eigenvalue weighted by Gasteiger charge is 1.90. The maximum Gasteiger partial charge on any atom is 0.0412 e. The van der Waals surface area contributed by atoms with Gasteiger partial charge < -0.3 is 0 Å². The monoisotopic (exact) mass is 222 g/mol. The summed E-state index contributed by atoms with van der Waals surface area (Å²) >= 11 is 5.82. The maximum atomic E-state index is 5.82. The summed E-state index contributed by atoms with van der Waals surface area (Å²) in [7, 11) is 0.417. The lowest BCUT2D eigenvalue weighted by Gasteiger charge is -1.95. The van der Waals surface area contributed by atoms with Crippen molar-refractivity contribution in [3.63, 3.8) is 0 Å².